The number of aromatic amines is 1. The molecule has 6 nitrogen and oxygen atoms in total. The molecular formula is C9H15N5O. The molecule has 2 rings (SSSR count). The van der Waals surface area contributed by atoms with Crippen LogP contribution in [0.1, 0.15) is 23.5 Å². The number of nitrogens with zero attached hydrogens (tertiary/aromatic N) is 3. The molecule has 2 heterocycles. The van der Waals surface area contributed by atoms with Gasteiger partial charge in [0.15, 0.2) is 0 Å². The van der Waals surface area contributed by atoms with E-state index in [0.717, 1.165) is 19.5 Å². The highest BCUT2D eigenvalue weighted by molar-refractivity contribution is 5.90. The summed E-state index contributed by atoms with van der Waals surface area (Å²) >= 11 is 0. The van der Waals surface area contributed by atoms with E-state index in [4.69, 9.17) is 0 Å². The molecule has 1 atom stereocenters. The Labute approximate surface area is 88.1 Å². The van der Waals surface area contributed by atoms with Crippen LogP contribution >= 0.6 is 0 Å². The molecule has 0 spiro atoms. The third-order valence-corrected chi connectivity index (χ3v) is 2.62. The summed E-state index contributed by atoms with van der Waals surface area (Å²) in [6, 6.07) is 0.418. The first-order valence-corrected chi connectivity index (χ1v) is 5.11. The number of carbonyl (C=O) groups is 1. The molecule has 0 radical (unpaired) electrons. The van der Waals surface area contributed by atoms with Gasteiger partial charge in [-0.25, -0.2) is 4.98 Å². The summed E-state index contributed by atoms with van der Waals surface area (Å²) in [5.41, 5.74) is 0. The van der Waals surface area contributed by atoms with E-state index in [-0.39, 0.29) is 5.91 Å². The summed E-state index contributed by atoms with van der Waals surface area (Å²) in [6.07, 6.45) is 3.66. The maximum atomic E-state index is 11.8. The van der Waals surface area contributed by atoms with Crippen LogP contribution in [0.5, 0.6) is 0 Å². The van der Waals surface area contributed by atoms with Gasteiger partial charge in [-0.1, -0.05) is 0 Å². The lowest BCUT2D eigenvalue weighted by Crippen LogP contribution is -2.39. The maximum Gasteiger partial charge on any atom is 0.290 e. The number of carbonyl (C=O) groups excluding carboxylic acids is 1. The van der Waals surface area contributed by atoms with Gasteiger partial charge in [0.05, 0.1) is 0 Å². The van der Waals surface area contributed by atoms with Gasteiger partial charge in [0, 0.05) is 19.6 Å². The summed E-state index contributed by atoms with van der Waals surface area (Å²) in [5, 5.41) is 9.58. The van der Waals surface area contributed by atoms with Crippen LogP contribution in [0.25, 0.3) is 0 Å². The zero-order valence-corrected chi connectivity index (χ0v) is 8.73. The first kappa shape index (κ1) is 10.1. The minimum Gasteiger partial charge on any atom is -0.337 e. The second kappa shape index (κ2) is 4.39. The van der Waals surface area contributed by atoms with Crippen molar-refractivity contribution in [1.82, 2.24) is 25.4 Å². The summed E-state index contributed by atoms with van der Waals surface area (Å²) in [6.45, 7) is 1.77. The monoisotopic (exact) mass is 209 g/mol. The Morgan fingerprint density at radius 3 is 3.20 bits per heavy atom. The lowest BCUT2D eigenvalue weighted by molar-refractivity contribution is 0.0772. The Kier molecular flexibility index (Phi) is 2.96. The smallest absolute Gasteiger partial charge is 0.290 e. The largest absolute Gasteiger partial charge is 0.337 e. The van der Waals surface area contributed by atoms with Crippen LogP contribution in [0.2, 0.25) is 0 Å². The second-order valence-electron chi connectivity index (χ2n) is 3.81. The van der Waals surface area contributed by atoms with Gasteiger partial charge in [-0.3, -0.25) is 9.89 Å². The zero-order chi connectivity index (χ0) is 10.7. The van der Waals surface area contributed by atoms with Crippen molar-refractivity contribution in [1.29, 1.82) is 0 Å². The van der Waals surface area contributed by atoms with Gasteiger partial charge in [-0.05, 0) is 19.4 Å². The fourth-order valence-electron chi connectivity index (χ4n) is 1.82. The highest BCUT2D eigenvalue weighted by Gasteiger charge is 2.20. The minimum atomic E-state index is -0.110. The lowest BCUT2D eigenvalue weighted by Gasteiger charge is -2.19. The Morgan fingerprint density at radius 1 is 1.73 bits per heavy atom. The number of rotatable bonds is 3. The number of hydrogen-bond acceptors (Lipinski definition) is 4. The molecule has 0 aromatic carbocycles. The predicted octanol–water partition coefficient (Wildman–Crippen LogP) is -0.371. The van der Waals surface area contributed by atoms with Gasteiger partial charge in [0.1, 0.15) is 6.33 Å². The minimum absolute atomic E-state index is 0.110. The van der Waals surface area contributed by atoms with Crippen molar-refractivity contribution >= 4 is 5.91 Å². The van der Waals surface area contributed by atoms with E-state index >= 15 is 0 Å². The maximum absolute atomic E-state index is 11.8. The summed E-state index contributed by atoms with van der Waals surface area (Å²) in [4.78, 5) is 17.3. The van der Waals surface area contributed by atoms with E-state index in [1.54, 1.807) is 11.9 Å². The molecule has 1 amide bonds. The molecule has 82 valence electrons. The molecule has 0 saturated carbocycles. The van der Waals surface area contributed by atoms with Crippen molar-refractivity contribution in [3.63, 3.8) is 0 Å². The van der Waals surface area contributed by atoms with Crippen molar-refractivity contribution in [2.24, 2.45) is 0 Å². The normalized spacial score (nSPS) is 20.5. The van der Waals surface area contributed by atoms with Gasteiger partial charge < -0.3 is 10.2 Å². The number of amides is 1. The number of nitrogens with one attached hydrogen (secondary N) is 2. The number of hydrogen-bond donors (Lipinski definition) is 2. The van der Waals surface area contributed by atoms with E-state index in [1.165, 1.54) is 12.7 Å². The quantitative estimate of drug-likeness (QED) is 0.712. The van der Waals surface area contributed by atoms with Crippen LogP contribution in [0.3, 0.4) is 0 Å². The van der Waals surface area contributed by atoms with Crippen molar-refractivity contribution in [2.45, 2.75) is 18.9 Å². The third-order valence-electron chi connectivity index (χ3n) is 2.62. The highest BCUT2D eigenvalue weighted by atomic mass is 16.2. The Morgan fingerprint density at radius 2 is 2.60 bits per heavy atom. The van der Waals surface area contributed by atoms with E-state index in [0.29, 0.717) is 11.9 Å². The standard InChI is InChI=1S/C9H15N5O/c1-14(5-7-3-2-4-10-7)9(15)8-11-6-12-13-8/h6-7,10H,2-5H2,1H3,(H,11,12,13). The van der Waals surface area contributed by atoms with Crippen LogP contribution in [0.4, 0.5) is 0 Å². The first-order chi connectivity index (χ1) is 7.27. The van der Waals surface area contributed by atoms with Crippen LogP contribution < -0.4 is 5.32 Å². The molecule has 1 fully saturated rings. The van der Waals surface area contributed by atoms with Gasteiger partial charge in [0.25, 0.3) is 5.91 Å². The number of aromatic nitrogens is 3. The molecule has 2 N–H and O–H groups in total. The van der Waals surface area contributed by atoms with Crippen LogP contribution in [0.15, 0.2) is 6.33 Å². The molecular weight excluding hydrogens is 194 g/mol. The van der Waals surface area contributed by atoms with Crippen LogP contribution in [-0.4, -0.2) is 52.2 Å². The van der Waals surface area contributed by atoms with E-state index in [9.17, 15) is 4.79 Å². The predicted molar refractivity (Wildman–Crippen MR) is 54.4 cm³/mol. The molecule has 1 unspecified atom stereocenters. The van der Waals surface area contributed by atoms with Crippen LogP contribution in [0, 0.1) is 0 Å². The molecule has 1 aromatic heterocycles. The zero-order valence-electron chi connectivity index (χ0n) is 8.73. The molecule has 0 aliphatic carbocycles. The fraction of sp³-hybridized carbons (Fsp3) is 0.667. The Hall–Kier alpha value is -1.43. The SMILES string of the molecule is CN(CC1CCCN1)C(=O)c1ncn[nH]1. The molecule has 1 aliphatic rings. The van der Waals surface area contributed by atoms with Gasteiger partial charge >= 0.3 is 0 Å². The van der Waals surface area contributed by atoms with E-state index in [2.05, 4.69) is 20.5 Å². The average Bonchev–Trinajstić information content (AvgIpc) is 2.88. The van der Waals surface area contributed by atoms with Gasteiger partial charge in [-0.15, -0.1) is 0 Å². The molecule has 1 saturated heterocycles. The Balaban J connectivity index is 1.90. The van der Waals surface area contributed by atoms with Crippen molar-refractivity contribution in [2.75, 3.05) is 20.1 Å². The summed E-state index contributed by atoms with van der Waals surface area (Å²) < 4.78 is 0. The summed E-state index contributed by atoms with van der Waals surface area (Å²) in [5.74, 6) is 0.191. The van der Waals surface area contributed by atoms with Crippen molar-refractivity contribution in [3.8, 4) is 0 Å². The van der Waals surface area contributed by atoms with Gasteiger partial charge in [0.2, 0.25) is 5.82 Å². The summed E-state index contributed by atoms with van der Waals surface area (Å²) in [7, 11) is 1.78. The highest BCUT2D eigenvalue weighted by Crippen LogP contribution is 2.07. The van der Waals surface area contributed by atoms with Crippen LogP contribution in [-0.2, 0) is 0 Å². The lowest BCUT2D eigenvalue weighted by atomic mass is 10.2. The topological polar surface area (TPSA) is 73.9 Å². The first-order valence-electron chi connectivity index (χ1n) is 5.11. The molecule has 0 bridgehead atoms. The third kappa shape index (κ3) is 2.33. The average molecular weight is 209 g/mol. The van der Waals surface area contributed by atoms with E-state index in [1.807, 2.05) is 0 Å². The van der Waals surface area contributed by atoms with Crippen molar-refractivity contribution < 1.29 is 4.79 Å². The Bertz CT molecular complexity index is 317. The molecule has 1 aliphatic heterocycles. The van der Waals surface area contributed by atoms with Crippen molar-refractivity contribution in [3.05, 3.63) is 12.2 Å². The van der Waals surface area contributed by atoms with E-state index < -0.39 is 0 Å². The van der Waals surface area contributed by atoms with Gasteiger partial charge in [-0.2, -0.15) is 5.10 Å². The molecule has 1 aromatic rings. The number of likely N-dealkylation sites (N-methyl/N-ethyl adjacent to an activating group) is 1. The second-order valence-corrected chi connectivity index (χ2v) is 3.81. The fourth-order valence-corrected chi connectivity index (χ4v) is 1.82. The molecule has 6 heteroatoms. The number of H-pyrrole nitrogens is 1. The molecule has 15 heavy (non-hydrogen) atoms.